The highest BCUT2D eigenvalue weighted by atomic mass is 35.5. The summed E-state index contributed by atoms with van der Waals surface area (Å²) in [5.74, 6) is 1.48. The Morgan fingerprint density at radius 2 is 1.78 bits per heavy atom. The summed E-state index contributed by atoms with van der Waals surface area (Å²) in [7, 11) is 0. The number of benzene rings is 3. The molecule has 1 amide bonds. The number of carbonyl (C=O) groups is 1. The standard InChI is InChI=1S/C29H21Cl3N2O3/c1-16(2)17-7-11-26-24(14-17)34-29(37-26)18-6-10-21(30)23(15-18)33-27(35)13-9-19-8-12-25(36-19)20-4-3-5-22(31)28(20)32/h3-16H,1-2H3,(H,33,35). The average Bonchev–Trinajstić information content (AvgIpc) is 3.52. The van der Waals surface area contributed by atoms with Crippen LogP contribution in [0, 0.1) is 0 Å². The zero-order chi connectivity index (χ0) is 26.1. The van der Waals surface area contributed by atoms with Crippen molar-refractivity contribution in [3.05, 3.63) is 99.2 Å². The van der Waals surface area contributed by atoms with Gasteiger partial charge in [0.1, 0.15) is 17.0 Å². The normalized spacial score (nSPS) is 11.6. The smallest absolute Gasteiger partial charge is 0.248 e. The van der Waals surface area contributed by atoms with E-state index in [9.17, 15) is 4.79 Å². The minimum absolute atomic E-state index is 0.378. The summed E-state index contributed by atoms with van der Waals surface area (Å²) in [4.78, 5) is 17.3. The number of hydrogen-bond donors (Lipinski definition) is 1. The molecular weight excluding hydrogens is 531 g/mol. The molecule has 0 bridgehead atoms. The Hall–Kier alpha value is -3.51. The van der Waals surface area contributed by atoms with Crippen LogP contribution in [0.25, 0.3) is 40.0 Å². The second-order valence-corrected chi connectivity index (χ2v) is 9.91. The maximum atomic E-state index is 12.6. The lowest BCUT2D eigenvalue weighted by Crippen LogP contribution is -2.08. The quantitative estimate of drug-likeness (QED) is 0.213. The van der Waals surface area contributed by atoms with Gasteiger partial charge in [0.25, 0.3) is 0 Å². The van der Waals surface area contributed by atoms with E-state index >= 15 is 0 Å². The molecule has 8 heteroatoms. The molecule has 0 saturated carbocycles. The minimum Gasteiger partial charge on any atom is -0.457 e. The van der Waals surface area contributed by atoms with Crippen LogP contribution in [0.1, 0.15) is 31.1 Å². The van der Waals surface area contributed by atoms with E-state index in [2.05, 4.69) is 24.1 Å². The van der Waals surface area contributed by atoms with Gasteiger partial charge in [0.05, 0.1) is 20.8 Å². The molecule has 2 heterocycles. The first-order valence-electron chi connectivity index (χ1n) is 11.5. The molecule has 0 aliphatic carbocycles. The van der Waals surface area contributed by atoms with Crippen LogP contribution in [0.2, 0.25) is 15.1 Å². The molecule has 2 aromatic heterocycles. The molecule has 5 aromatic rings. The number of furan rings is 1. The Bertz CT molecular complexity index is 1650. The van der Waals surface area contributed by atoms with E-state index in [4.69, 9.17) is 43.6 Å². The van der Waals surface area contributed by atoms with Crippen LogP contribution in [0.4, 0.5) is 5.69 Å². The van der Waals surface area contributed by atoms with Crippen molar-refractivity contribution < 1.29 is 13.6 Å². The van der Waals surface area contributed by atoms with E-state index in [1.807, 2.05) is 24.3 Å². The minimum atomic E-state index is -0.378. The molecule has 0 aliphatic rings. The van der Waals surface area contributed by atoms with E-state index in [0.717, 1.165) is 5.52 Å². The van der Waals surface area contributed by atoms with Crippen molar-refractivity contribution in [2.24, 2.45) is 0 Å². The number of anilines is 1. The van der Waals surface area contributed by atoms with Crippen LogP contribution < -0.4 is 5.32 Å². The fourth-order valence-corrected chi connectivity index (χ4v) is 4.35. The van der Waals surface area contributed by atoms with Crippen molar-refractivity contribution >= 4 is 63.6 Å². The number of aromatic nitrogens is 1. The van der Waals surface area contributed by atoms with Gasteiger partial charge >= 0.3 is 0 Å². The second-order valence-electron chi connectivity index (χ2n) is 8.72. The Morgan fingerprint density at radius 3 is 2.59 bits per heavy atom. The average molecular weight is 552 g/mol. The molecule has 0 fully saturated rings. The number of amides is 1. The lowest BCUT2D eigenvalue weighted by Gasteiger charge is -2.06. The highest BCUT2D eigenvalue weighted by molar-refractivity contribution is 6.43. The first kappa shape index (κ1) is 25.2. The summed E-state index contributed by atoms with van der Waals surface area (Å²) in [6.07, 6.45) is 2.92. The number of nitrogens with one attached hydrogen (secondary N) is 1. The van der Waals surface area contributed by atoms with Crippen molar-refractivity contribution in [2.45, 2.75) is 19.8 Å². The molecule has 0 spiro atoms. The highest BCUT2D eigenvalue weighted by Crippen LogP contribution is 2.35. The van der Waals surface area contributed by atoms with E-state index in [1.54, 1.807) is 48.5 Å². The van der Waals surface area contributed by atoms with Gasteiger partial charge in [0, 0.05) is 17.2 Å². The van der Waals surface area contributed by atoms with Crippen molar-refractivity contribution in [1.29, 1.82) is 0 Å². The van der Waals surface area contributed by atoms with Gasteiger partial charge in [-0.15, -0.1) is 0 Å². The summed E-state index contributed by atoms with van der Waals surface area (Å²) in [5, 5.41) is 4.02. The third-order valence-electron chi connectivity index (χ3n) is 5.79. The van der Waals surface area contributed by atoms with Crippen LogP contribution in [0.5, 0.6) is 0 Å². The zero-order valence-electron chi connectivity index (χ0n) is 19.9. The van der Waals surface area contributed by atoms with Crippen LogP contribution in [-0.2, 0) is 4.79 Å². The van der Waals surface area contributed by atoms with Crippen LogP contribution in [-0.4, -0.2) is 10.9 Å². The molecule has 5 nitrogen and oxygen atoms in total. The molecule has 1 N–H and O–H groups in total. The maximum absolute atomic E-state index is 12.6. The molecule has 0 atom stereocenters. The summed E-state index contributed by atoms with van der Waals surface area (Å²) in [6.45, 7) is 4.26. The van der Waals surface area contributed by atoms with E-state index in [-0.39, 0.29) is 5.91 Å². The summed E-state index contributed by atoms with van der Waals surface area (Å²) >= 11 is 18.7. The van der Waals surface area contributed by atoms with E-state index < -0.39 is 0 Å². The van der Waals surface area contributed by atoms with Crippen LogP contribution >= 0.6 is 34.8 Å². The lowest BCUT2D eigenvalue weighted by atomic mass is 10.0. The molecule has 5 rings (SSSR count). The summed E-state index contributed by atoms with van der Waals surface area (Å²) < 4.78 is 11.7. The predicted octanol–water partition coefficient (Wildman–Crippen LogP) is 9.49. The van der Waals surface area contributed by atoms with Crippen molar-refractivity contribution in [2.75, 3.05) is 5.32 Å². The number of nitrogens with zero attached hydrogens (tertiary/aromatic N) is 1. The van der Waals surface area contributed by atoms with E-state index in [0.29, 0.717) is 60.8 Å². The van der Waals surface area contributed by atoms with E-state index in [1.165, 1.54) is 11.6 Å². The molecular formula is C29H21Cl3N2O3. The Kier molecular flexibility index (Phi) is 7.11. The Labute approximate surface area is 228 Å². The predicted molar refractivity (Wildman–Crippen MR) is 150 cm³/mol. The SMILES string of the molecule is CC(C)c1ccc2oc(-c3ccc(Cl)c(NC(=O)C=Cc4ccc(-c5cccc(Cl)c5Cl)o4)c3)nc2c1. The third-order valence-corrected chi connectivity index (χ3v) is 6.94. The molecule has 37 heavy (non-hydrogen) atoms. The number of fused-ring (bicyclic) bond motifs is 1. The summed E-state index contributed by atoms with van der Waals surface area (Å²) in [5.41, 5.74) is 4.45. The molecule has 0 radical (unpaired) electrons. The monoisotopic (exact) mass is 550 g/mol. The second kappa shape index (κ2) is 10.5. The lowest BCUT2D eigenvalue weighted by molar-refractivity contribution is -0.111. The largest absolute Gasteiger partial charge is 0.457 e. The van der Waals surface area contributed by atoms with Gasteiger partial charge in [-0.1, -0.05) is 60.8 Å². The highest BCUT2D eigenvalue weighted by Gasteiger charge is 2.14. The van der Waals surface area contributed by atoms with Gasteiger partial charge in [0.2, 0.25) is 11.8 Å². The molecule has 0 unspecified atom stereocenters. The topological polar surface area (TPSA) is 68.3 Å². The fourth-order valence-electron chi connectivity index (χ4n) is 3.79. The van der Waals surface area contributed by atoms with Gasteiger partial charge in [-0.25, -0.2) is 4.98 Å². The number of halogens is 3. The van der Waals surface area contributed by atoms with Gasteiger partial charge in [-0.3, -0.25) is 4.79 Å². The Balaban J connectivity index is 1.32. The molecule has 0 saturated heterocycles. The first-order chi connectivity index (χ1) is 17.8. The molecule has 0 aliphatic heterocycles. The molecule has 3 aromatic carbocycles. The zero-order valence-corrected chi connectivity index (χ0v) is 22.2. The van der Waals surface area contributed by atoms with Crippen molar-refractivity contribution in [3.8, 4) is 22.8 Å². The fraction of sp³-hybridized carbons (Fsp3) is 0.103. The Morgan fingerprint density at radius 1 is 0.946 bits per heavy atom. The number of rotatable bonds is 6. The van der Waals surface area contributed by atoms with Crippen LogP contribution in [0.15, 0.2) is 81.6 Å². The van der Waals surface area contributed by atoms with Crippen molar-refractivity contribution in [3.63, 3.8) is 0 Å². The maximum Gasteiger partial charge on any atom is 0.248 e. The number of carbonyl (C=O) groups excluding carboxylic acids is 1. The van der Waals surface area contributed by atoms with Crippen LogP contribution in [0.3, 0.4) is 0 Å². The van der Waals surface area contributed by atoms with Crippen molar-refractivity contribution in [1.82, 2.24) is 4.98 Å². The first-order valence-corrected chi connectivity index (χ1v) is 12.7. The third kappa shape index (κ3) is 5.44. The summed E-state index contributed by atoms with van der Waals surface area (Å²) in [6, 6.07) is 20.0. The van der Waals surface area contributed by atoms with Gasteiger partial charge in [0.15, 0.2) is 5.58 Å². The van der Waals surface area contributed by atoms with Gasteiger partial charge in [-0.2, -0.15) is 0 Å². The molecule has 186 valence electrons. The van der Waals surface area contributed by atoms with Gasteiger partial charge < -0.3 is 14.2 Å². The number of hydrogen-bond acceptors (Lipinski definition) is 4. The number of oxazole rings is 1. The van der Waals surface area contributed by atoms with Gasteiger partial charge in [-0.05, 0) is 72.2 Å².